The van der Waals surface area contributed by atoms with E-state index in [2.05, 4.69) is 22.4 Å². The Hall–Kier alpha value is -3.37. The first-order valence-electron chi connectivity index (χ1n) is 7.12. The number of nitrogens with zero attached hydrogens (tertiary/aromatic N) is 3. The summed E-state index contributed by atoms with van der Waals surface area (Å²) in [5, 5.41) is 21.1. The molecular weight excluding hydrogens is 284 g/mol. The summed E-state index contributed by atoms with van der Waals surface area (Å²) >= 11 is 0. The van der Waals surface area contributed by atoms with E-state index in [4.69, 9.17) is 10.5 Å². The SMILES string of the molecule is CC(/C=C(/C)Nc1ccc(C#N)cc1)=Nc1ccccc1C#N. The summed E-state index contributed by atoms with van der Waals surface area (Å²) in [6, 6.07) is 18.7. The first kappa shape index (κ1) is 16.0. The standard InChI is InChI=1S/C19H16N4/c1-14(22-18-9-7-16(12-20)8-10-18)11-15(2)23-19-6-4-3-5-17(19)13-21/h3-11,22H,1-2H3/b14-11-,23-15?. The van der Waals surface area contributed by atoms with Crippen LogP contribution >= 0.6 is 0 Å². The Labute approximate surface area is 136 Å². The van der Waals surface area contributed by atoms with Crippen LogP contribution in [0.5, 0.6) is 0 Å². The molecule has 0 saturated heterocycles. The number of hydrogen-bond donors (Lipinski definition) is 1. The number of aliphatic imine (C=N–C) groups is 1. The summed E-state index contributed by atoms with van der Waals surface area (Å²) in [7, 11) is 0. The van der Waals surface area contributed by atoms with E-state index in [0.29, 0.717) is 16.8 Å². The van der Waals surface area contributed by atoms with Crippen LogP contribution in [0.25, 0.3) is 0 Å². The summed E-state index contributed by atoms with van der Waals surface area (Å²) < 4.78 is 0. The molecule has 0 heterocycles. The van der Waals surface area contributed by atoms with Crippen LogP contribution in [-0.2, 0) is 0 Å². The molecule has 0 aromatic heterocycles. The number of benzene rings is 2. The molecule has 0 radical (unpaired) electrons. The fraction of sp³-hybridized carbons (Fsp3) is 0.105. The first-order chi connectivity index (χ1) is 11.1. The van der Waals surface area contributed by atoms with Crippen LogP contribution in [0.2, 0.25) is 0 Å². The van der Waals surface area contributed by atoms with Crippen LogP contribution in [0.3, 0.4) is 0 Å². The van der Waals surface area contributed by atoms with Crippen LogP contribution < -0.4 is 5.32 Å². The van der Waals surface area contributed by atoms with Gasteiger partial charge in [0.25, 0.3) is 0 Å². The topological polar surface area (TPSA) is 72.0 Å². The second-order valence-corrected chi connectivity index (χ2v) is 5.02. The largest absolute Gasteiger partial charge is 0.359 e. The summed E-state index contributed by atoms with van der Waals surface area (Å²) in [6.07, 6.45) is 1.91. The van der Waals surface area contributed by atoms with E-state index in [-0.39, 0.29) is 0 Å². The van der Waals surface area contributed by atoms with Crippen LogP contribution in [0.4, 0.5) is 11.4 Å². The third-order valence-electron chi connectivity index (χ3n) is 3.10. The van der Waals surface area contributed by atoms with Crippen molar-refractivity contribution in [3.8, 4) is 12.1 Å². The zero-order valence-corrected chi connectivity index (χ0v) is 13.0. The van der Waals surface area contributed by atoms with Crippen molar-refractivity contribution < 1.29 is 0 Å². The maximum Gasteiger partial charge on any atom is 0.101 e. The highest BCUT2D eigenvalue weighted by molar-refractivity contribution is 5.95. The lowest BCUT2D eigenvalue weighted by atomic mass is 10.2. The second kappa shape index (κ2) is 7.59. The smallest absolute Gasteiger partial charge is 0.101 e. The molecule has 0 aliphatic carbocycles. The van der Waals surface area contributed by atoms with Crippen LogP contribution in [0.15, 0.2) is 65.3 Å². The number of allylic oxidation sites excluding steroid dienone is 2. The number of hydrogen-bond acceptors (Lipinski definition) is 4. The number of anilines is 1. The highest BCUT2D eigenvalue weighted by atomic mass is 14.9. The molecule has 4 nitrogen and oxygen atoms in total. The molecule has 0 aliphatic rings. The molecule has 0 spiro atoms. The Kier molecular flexibility index (Phi) is 5.28. The molecule has 0 bridgehead atoms. The lowest BCUT2D eigenvalue weighted by molar-refractivity contribution is 1.37. The van der Waals surface area contributed by atoms with E-state index < -0.39 is 0 Å². The zero-order chi connectivity index (χ0) is 16.7. The van der Waals surface area contributed by atoms with E-state index in [1.165, 1.54) is 0 Å². The summed E-state index contributed by atoms with van der Waals surface area (Å²) in [4.78, 5) is 4.47. The van der Waals surface area contributed by atoms with Crippen molar-refractivity contribution in [2.45, 2.75) is 13.8 Å². The molecule has 0 unspecified atom stereocenters. The van der Waals surface area contributed by atoms with E-state index in [0.717, 1.165) is 17.1 Å². The third kappa shape index (κ3) is 4.56. The molecule has 0 saturated carbocycles. The van der Waals surface area contributed by atoms with Gasteiger partial charge in [0.15, 0.2) is 0 Å². The highest BCUT2D eigenvalue weighted by Gasteiger charge is 1.99. The minimum atomic E-state index is 0.554. The Morgan fingerprint density at radius 1 is 1.00 bits per heavy atom. The molecule has 0 fully saturated rings. The number of rotatable bonds is 4. The van der Waals surface area contributed by atoms with Crippen molar-refractivity contribution >= 4 is 17.1 Å². The van der Waals surface area contributed by atoms with Gasteiger partial charge in [-0.3, -0.25) is 4.99 Å². The van der Waals surface area contributed by atoms with Gasteiger partial charge in [0.1, 0.15) is 6.07 Å². The van der Waals surface area contributed by atoms with Gasteiger partial charge in [-0.25, -0.2) is 0 Å². The van der Waals surface area contributed by atoms with Gasteiger partial charge in [-0.2, -0.15) is 10.5 Å². The molecule has 2 aromatic carbocycles. The fourth-order valence-corrected chi connectivity index (χ4v) is 2.09. The average molecular weight is 300 g/mol. The van der Waals surface area contributed by atoms with Crippen molar-refractivity contribution in [2.75, 3.05) is 5.32 Å². The van der Waals surface area contributed by atoms with Gasteiger partial charge in [-0.1, -0.05) is 12.1 Å². The molecule has 0 atom stereocenters. The lowest BCUT2D eigenvalue weighted by Crippen LogP contribution is -1.98. The van der Waals surface area contributed by atoms with Gasteiger partial charge >= 0.3 is 0 Å². The molecular formula is C19H16N4. The van der Waals surface area contributed by atoms with E-state index in [1.54, 1.807) is 18.2 Å². The molecule has 112 valence electrons. The highest BCUT2D eigenvalue weighted by Crippen LogP contribution is 2.18. The minimum absolute atomic E-state index is 0.554. The molecule has 1 N–H and O–H groups in total. The monoisotopic (exact) mass is 300 g/mol. The van der Waals surface area contributed by atoms with Crippen LogP contribution in [0, 0.1) is 22.7 Å². The molecule has 2 aromatic rings. The molecule has 0 aliphatic heterocycles. The number of nitrogens with one attached hydrogen (secondary N) is 1. The van der Waals surface area contributed by atoms with Crippen molar-refractivity contribution in [3.63, 3.8) is 0 Å². The maximum atomic E-state index is 9.08. The molecule has 4 heteroatoms. The zero-order valence-electron chi connectivity index (χ0n) is 13.0. The quantitative estimate of drug-likeness (QED) is 0.843. The second-order valence-electron chi connectivity index (χ2n) is 5.02. The fourth-order valence-electron chi connectivity index (χ4n) is 2.09. The van der Waals surface area contributed by atoms with Crippen molar-refractivity contribution in [3.05, 3.63) is 71.4 Å². The van der Waals surface area contributed by atoms with Crippen molar-refractivity contribution in [1.82, 2.24) is 0 Å². The van der Waals surface area contributed by atoms with E-state index in [9.17, 15) is 0 Å². The normalized spacial score (nSPS) is 11.5. The number of nitriles is 2. The number of para-hydroxylation sites is 1. The first-order valence-corrected chi connectivity index (χ1v) is 7.12. The van der Waals surface area contributed by atoms with Gasteiger partial charge in [0.05, 0.1) is 22.9 Å². The van der Waals surface area contributed by atoms with Crippen LogP contribution in [-0.4, -0.2) is 5.71 Å². The van der Waals surface area contributed by atoms with E-state index in [1.807, 2.05) is 50.3 Å². The Morgan fingerprint density at radius 2 is 1.70 bits per heavy atom. The van der Waals surface area contributed by atoms with Crippen molar-refractivity contribution in [1.29, 1.82) is 10.5 Å². The van der Waals surface area contributed by atoms with Gasteiger partial charge in [-0.05, 0) is 56.3 Å². The van der Waals surface area contributed by atoms with Crippen LogP contribution in [0.1, 0.15) is 25.0 Å². The molecule has 2 rings (SSSR count). The molecule has 23 heavy (non-hydrogen) atoms. The third-order valence-corrected chi connectivity index (χ3v) is 3.10. The summed E-state index contributed by atoms with van der Waals surface area (Å²) in [5.41, 5.74) is 4.47. The van der Waals surface area contributed by atoms with Crippen molar-refractivity contribution in [2.24, 2.45) is 4.99 Å². The Bertz CT molecular complexity index is 831. The maximum absolute atomic E-state index is 9.08. The molecule has 0 amide bonds. The Balaban J connectivity index is 2.14. The Morgan fingerprint density at radius 3 is 2.35 bits per heavy atom. The van der Waals surface area contributed by atoms with Gasteiger partial charge in [0, 0.05) is 17.1 Å². The van der Waals surface area contributed by atoms with E-state index >= 15 is 0 Å². The van der Waals surface area contributed by atoms with Gasteiger partial charge < -0.3 is 5.32 Å². The lowest BCUT2D eigenvalue weighted by Gasteiger charge is -2.07. The summed E-state index contributed by atoms with van der Waals surface area (Å²) in [5.74, 6) is 0. The summed E-state index contributed by atoms with van der Waals surface area (Å²) in [6.45, 7) is 3.82. The van der Waals surface area contributed by atoms with Gasteiger partial charge in [-0.15, -0.1) is 0 Å². The minimum Gasteiger partial charge on any atom is -0.359 e. The average Bonchev–Trinajstić information content (AvgIpc) is 2.55. The predicted octanol–water partition coefficient (Wildman–Crippen LogP) is 4.54. The van der Waals surface area contributed by atoms with Gasteiger partial charge in [0.2, 0.25) is 0 Å². The predicted molar refractivity (Wildman–Crippen MR) is 92.5 cm³/mol.